The van der Waals surface area contributed by atoms with E-state index in [0.717, 1.165) is 19.4 Å². The summed E-state index contributed by atoms with van der Waals surface area (Å²) >= 11 is 0. The molecule has 1 aliphatic rings. The van der Waals surface area contributed by atoms with Gasteiger partial charge in [-0.15, -0.1) is 0 Å². The van der Waals surface area contributed by atoms with Gasteiger partial charge in [-0.2, -0.15) is 5.06 Å². The third-order valence-corrected chi connectivity index (χ3v) is 6.87. The molecule has 0 aromatic heterocycles. The molecule has 154 valence electrons. The van der Waals surface area contributed by atoms with Crippen LogP contribution in [0.3, 0.4) is 0 Å². The number of hydroxylamine groups is 2. The van der Waals surface area contributed by atoms with Crippen LogP contribution in [0.2, 0.25) is 19.1 Å². The molecule has 0 amide bonds. The van der Waals surface area contributed by atoms with Gasteiger partial charge in [0.15, 0.2) is 0 Å². The normalized spacial score (nSPS) is 19.0. The molecule has 0 aromatic carbocycles. The third kappa shape index (κ3) is 7.60. The molecule has 1 heterocycles. The van der Waals surface area contributed by atoms with Crippen molar-refractivity contribution in [2.45, 2.75) is 65.7 Å². The molecule has 1 unspecified atom stereocenters. The summed E-state index contributed by atoms with van der Waals surface area (Å²) in [4.78, 5) is 24.2. The maximum absolute atomic E-state index is 12.3. The maximum atomic E-state index is 12.3. The summed E-state index contributed by atoms with van der Waals surface area (Å²) in [5.41, 5.74) is -0.0184. The van der Waals surface area contributed by atoms with E-state index in [0.29, 0.717) is 18.2 Å². The zero-order valence-electron chi connectivity index (χ0n) is 17.7. The predicted molar refractivity (Wildman–Crippen MR) is 108 cm³/mol. The van der Waals surface area contributed by atoms with Crippen LogP contribution in [0.25, 0.3) is 0 Å². The Labute approximate surface area is 164 Å². The highest BCUT2D eigenvalue weighted by Gasteiger charge is 2.41. The molecule has 0 saturated carbocycles. The molecule has 0 bridgehead atoms. The van der Waals surface area contributed by atoms with E-state index in [1.54, 1.807) is 19.9 Å². The Morgan fingerprint density at radius 3 is 2.56 bits per heavy atom. The second-order valence-corrected chi connectivity index (χ2v) is 12.3. The zero-order valence-corrected chi connectivity index (χ0v) is 18.7. The number of carbonyl (C=O) groups is 2. The van der Waals surface area contributed by atoms with Gasteiger partial charge in [0.1, 0.15) is 6.61 Å². The van der Waals surface area contributed by atoms with Crippen LogP contribution in [0.5, 0.6) is 0 Å². The molecule has 1 atom stereocenters. The molecular formula is C20H35NO5Si. The van der Waals surface area contributed by atoms with Crippen molar-refractivity contribution in [3.05, 3.63) is 24.3 Å². The molecule has 0 aliphatic carbocycles. The van der Waals surface area contributed by atoms with Crippen molar-refractivity contribution in [2.24, 2.45) is 5.41 Å². The van der Waals surface area contributed by atoms with Crippen LogP contribution in [-0.4, -0.2) is 51.1 Å². The van der Waals surface area contributed by atoms with Crippen LogP contribution in [-0.2, 0) is 23.6 Å². The Morgan fingerprint density at radius 1 is 1.30 bits per heavy atom. The zero-order chi connectivity index (χ0) is 20.7. The smallest absolute Gasteiger partial charge is 0.333 e. The fourth-order valence-corrected chi connectivity index (χ4v) is 6.66. The van der Waals surface area contributed by atoms with Crippen molar-refractivity contribution in [2.75, 3.05) is 19.8 Å². The van der Waals surface area contributed by atoms with Crippen LogP contribution in [0.1, 0.15) is 40.5 Å². The van der Waals surface area contributed by atoms with Crippen LogP contribution < -0.4 is 0 Å². The van der Waals surface area contributed by atoms with E-state index >= 15 is 0 Å². The molecule has 1 aliphatic heterocycles. The molecule has 7 heteroatoms. The average molecular weight is 398 g/mol. The summed E-state index contributed by atoms with van der Waals surface area (Å²) < 4.78 is 16.7. The first-order valence-corrected chi connectivity index (χ1v) is 12.7. The lowest BCUT2D eigenvalue weighted by molar-refractivity contribution is -0.152. The Hall–Kier alpha value is -1.44. The summed E-state index contributed by atoms with van der Waals surface area (Å²) in [6.07, 6.45) is 5.44. The van der Waals surface area contributed by atoms with E-state index < -0.39 is 13.7 Å². The molecule has 1 fully saturated rings. The average Bonchev–Trinajstić information content (AvgIpc) is 2.97. The second-order valence-electron chi connectivity index (χ2n) is 8.22. The van der Waals surface area contributed by atoms with Gasteiger partial charge in [0, 0.05) is 12.1 Å². The number of rotatable bonds is 10. The standard InChI is InChI=1S/C20H35NO5Si/c1-8-13-25-19(23)20(4,5)15-27(6,7)26-21-12-10-11-17(21)14-16(3)18(22)24-9-2/h8,14,17H,1,9-13,15H2,2-7H3. The van der Waals surface area contributed by atoms with E-state index in [1.807, 2.05) is 25.0 Å². The summed E-state index contributed by atoms with van der Waals surface area (Å²) in [6.45, 7) is 16.5. The SMILES string of the molecule is C=CCOC(=O)C(C)(C)C[Si](C)(C)ON1CCCC1C=C(C)C(=O)OCC. The molecular weight excluding hydrogens is 362 g/mol. The number of nitrogens with zero attached hydrogens (tertiary/aromatic N) is 1. The minimum Gasteiger partial charge on any atom is -0.463 e. The first-order valence-electron chi connectivity index (χ1n) is 9.62. The van der Waals surface area contributed by atoms with Gasteiger partial charge < -0.3 is 14.0 Å². The third-order valence-electron chi connectivity index (χ3n) is 4.40. The number of ether oxygens (including phenoxy) is 2. The Kier molecular flexibility index (Phi) is 8.91. The van der Waals surface area contributed by atoms with E-state index in [2.05, 4.69) is 19.7 Å². The number of hydrogen-bond acceptors (Lipinski definition) is 6. The lowest BCUT2D eigenvalue weighted by Gasteiger charge is -2.36. The minimum absolute atomic E-state index is 0.0528. The monoisotopic (exact) mass is 397 g/mol. The van der Waals surface area contributed by atoms with Crippen LogP contribution in [0, 0.1) is 5.41 Å². The lowest BCUT2D eigenvalue weighted by Crippen LogP contribution is -2.46. The van der Waals surface area contributed by atoms with Gasteiger partial charge in [-0.05, 0) is 59.7 Å². The van der Waals surface area contributed by atoms with Gasteiger partial charge in [0.05, 0.1) is 18.1 Å². The number of hydrogen-bond donors (Lipinski definition) is 0. The van der Waals surface area contributed by atoms with Crippen molar-refractivity contribution >= 4 is 20.3 Å². The number of esters is 2. The summed E-state index contributed by atoms with van der Waals surface area (Å²) in [7, 11) is -2.19. The summed E-state index contributed by atoms with van der Waals surface area (Å²) in [5, 5.41) is 1.97. The number of carbonyl (C=O) groups excluding carboxylic acids is 2. The Bertz CT molecular complexity index is 571. The van der Waals surface area contributed by atoms with Gasteiger partial charge >= 0.3 is 11.9 Å². The molecule has 0 N–H and O–H groups in total. The van der Waals surface area contributed by atoms with E-state index in [-0.39, 0.29) is 24.6 Å². The second kappa shape index (κ2) is 10.2. The largest absolute Gasteiger partial charge is 0.463 e. The van der Waals surface area contributed by atoms with Gasteiger partial charge in [-0.3, -0.25) is 4.79 Å². The van der Waals surface area contributed by atoms with Crippen molar-refractivity contribution in [1.82, 2.24) is 5.06 Å². The highest BCUT2D eigenvalue weighted by atomic mass is 28.4. The molecule has 0 aromatic rings. The maximum Gasteiger partial charge on any atom is 0.333 e. The molecule has 27 heavy (non-hydrogen) atoms. The van der Waals surface area contributed by atoms with Crippen molar-refractivity contribution in [3.8, 4) is 0 Å². The molecule has 1 rings (SSSR count). The molecule has 0 radical (unpaired) electrons. The fourth-order valence-electron chi connectivity index (χ4n) is 3.46. The van der Waals surface area contributed by atoms with Crippen LogP contribution in [0.4, 0.5) is 0 Å². The molecule has 6 nitrogen and oxygen atoms in total. The van der Waals surface area contributed by atoms with Crippen molar-refractivity contribution in [3.63, 3.8) is 0 Å². The lowest BCUT2D eigenvalue weighted by atomic mass is 9.97. The quantitative estimate of drug-likeness (QED) is 0.241. The van der Waals surface area contributed by atoms with Gasteiger partial charge in [0.25, 0.3) is 0 Å². The summed E-state index contributed by atoms with van der Waals surface area (Å²) in [5.74, 6) is -0.519. The molecule has 1 saturated heterocycles. The summed E-state index contributed by atoms with van der Waals surface area (Å²) in [6, 6.07) is 0.691. The first-order chi connectivity index (χ1) is 12.5. The fraction of sp³-hybridized carbons (Fsp3) is 0.700. The topological polar surface area (TPSA) is 65.1 Å². The van der Waals surface area contributed by atoms with E-state index in [4.69, 9.17) is 14.0 Å². The van der Waals surface area contributed by atoms with Gasteiger partial charge in [-0.25, -0.2) is 4.79 Å². The highest BCUT2D eigenvalue weighted by molar-refractivity contribution is 6.71. The van der Waals surface area contributed by atoms with E-state index in [1.165, 1.54) is 0 Å². The predicted octanol–water partition coefficient (Wildman–Crippen LogP) is 3.85. The van der Waals surface area contributed by atoms with Crippen LogP contribution >= 0.6 is 0 Å². The highest BCUT2D eigenvalue weighted by Crippen LogP contribution is 2.33. The Morgan fingerprint density at radius 2 is 1.96 bits per heavy atom. The van der Waals surface area contributed by atoms with Gasteiger partial charge in [-0.1, -0.05) is 18.7 Å². The van der Waals surface area contributed by atoms with Crippen molar-refractivity contribution in [1.29, 1.82) is 0 Å². The van der Waals surface area contributed by atoms with Gasteiger partial charge in [0.2, 0.25) is 8.32 Å². The first kappa shape index (κ1) is 23.6. The van der Waals surface area contributed by atoms with Crippen LogP contribution in [0.15, 0.2) is 24.3 Å². The Balaban J connectivity index is 2.76. The molecule has 0 spiro atoms. The minimum atomic E-state index is -2.19. The van der Waals surface area contributed by atoms with Crippen molar-refractivity contribution < 1.29 is 23.6 Å². The van der Waals surface area contributed by atoms with E-state index in [9.17, 15) is 9.59 Å².